The van der Waals surface area contributed by atoms with Crippen LogP contribution >= 0.6 is 0 Å². The molecule has 12 heteroatoms. The van der Waals surface area contributed by atoms with Crippen molar-refractivity contribution in [2.45, 2.75) is 20.0 Å². The van der Waals surface area contributed by atoms with E-state index in [2.05, 4.69) is 20.8 Å². The maximum Gasteiger partial charge on any atom is 0.320 e. The van der Waals surface area contributed by atoms with Crippen LogP contribution in [-0.4, -0.2) is 36.3 Å². The fourth-order valence-electron chi connectivity index (χ4n) is 2.51. The predicted octanol–water partition coefficient (Wildman–Crippen LogP) is 1.32. The van der Waals surface area contributed by atoms with Crippen LogP contribution in [0.1, 0.15) is 33.7 Å². The van der Waals surface area contributed by atoms with E-state index >= 15 is 0 Å². The molecule has 0 aromatic carbocycles. The van der Waals surface area contributed by atoms with Crippen molar-refractivity contribution in [3.8, 4) is 0 Å². The Hall–Kier alpha value is -3.96. The summed E-state index contributed by atoms with van der Waals surface area (Å²) in [4.78, 5) is 35.5. The number of furan rings is 1. The maximum atomic E-state index is 12.5. The van der Waals surface area contributed by atoms with Crippen molar-refractivity contribution in [2.75, 3.05) is 5.32 Å². The highest BCUT2D eigenvalue weighted by Crippen LogP contribution is 2.20. The van der Waals surface area contributed by atoms with E-state index < -0.39 is 22.4 Å². The molecule has 3 aromatic rings. The molecule has 0 aliphatic rings. The molecule has 12 nitrogen and oxygen atoms in total. The molecular weight excluding hydrogens is 370 g/mol. The van der Waals surface area contributed by atoms with Gasteiger partial charge in [-0.2, -0.15) is 10.2 Å². The molecule has 3 rings (SSSR count). The molecule has 2 amide bonds. The standard InChI is InChI=1S/C16H17N7O5/c1-3-22-9-12(23(26)27)13(20-22)15(24)19-11-8-18-21(2)14(11)16(25)17-7-10-5-4-6-28-10/h4-6,8-9H,3,7H2,1-2H3,(H,17,25)(H,19,24). The molecule has 146 valence electrons. The largest absolute Gasteiger partial charge is 0.467 e. The third kappa shape index (κ3) is 3.75. The lowest BCUT2D eigenvalue weighted by atomic mass is 10.3. The molecule has 0 aliphatic carbocycles. The topological polar surface area (TPSA) is 150 Å². The second-order valence-electron chi connectivity index (χ2n) is 5.72. The number of amides is 2. The summed E-state index contributed by atoms with van der Waals surface area (Å²) in [5, 5.41) is 24.2. The van der Waals surface area contributed by atoms with Gasteiger partial charge >= 0.3 is 5.69 Å². The van der Waals surface area contributed by atoms with Crippen LogP contribution in [0.25, 0.3) is 0 Å². The fraction of sp³-hybridized carbons (Fsp3) is 0.250. The lowest BCUT2D eigenvalue weighted by Gasteiger charge is -2.07. The number of carbonyl (C=O) groups is 2. The van der Waals surface area contributed by atoms with Crippen molar-refractivity contribution < 1.29 is 18.9 Å². The lowest BCUT2D eigenvalue weighted by molar-refractivity contribution is -0.385. The van der Waals surface area contributed by atoms with Crippen molar-refractivity contribution in [1.29, 1.82) is 0 Å². The number of hydrogen-bond donors (Lipinski definition) is 2. The van der Waals surface area contributed by atoms with E-state index in [1.807, 2.05) is 0 Å². The van der Waals surface area contributed by atoms with Gasteiger partial charge < -0.3 is 15.1 Å². The van der Waals surface area contributed by atoms with E-state index in [9.17, 15) is 19.7 Å². The van der Waals surface area contributed by atoms with Crippen molar-refractivity contribution in [3.05, 3.63) is 58.1 Å². The van der Waals surface area contributed by atoms with Gasteiger partial charge in [-0.3, -0.25) is 29.1 Å². The van der Waals surface area contributed by atoms with Crippen LogP contribution in [0, 0.1) is 10.1 Å². The zero-order valence-electron chi connectivity index (χ0n) is 15.1. The van der Waals surface area contributed by atoms with Gasteiger partial charge in [0.05, 0.1) is 29.6 Å². The number of rotatable bonds is 7. The molecule has 0 saturated carbocycles. The van der Waals surface area contributed by atoms with Gasteiger partial charge in [-0.15, -0.1) is 0 Å². The van der Waals surface area contributed by atoms with E-state index in [4.69, 9.17) is 4.42 Å². The summed E-state index contributed by atoms with van der Waals surface area (Å²) in [5.74, 6) is -0.755. The summed E-state index contributed by atoms with van der Waals surface area (Å²) in [6.45, 7) is 2.25. The predicted molar refractivity (Wildman–Crippen MR) is 95.6 cm³/mol. The van der Waals surface area contributed by atoms with Crippen LogP contribution in [0.3, 0.4) is 0 Å². The monoisotopic (exact) mass is 387 g/mol. The normalized spacial score (nSPS) is 10.6. The first-order valence-corrected chi connectivity index (χ1v) is 8.26. The van der Waals surface area contributed by atoms with Crippen LogP contribution in [0.4, 0.5) is 11.4 Å². The Bertz CT molecular complexity index is 1020. The van der Waals surface area contributed by atoms with Crippen LogP contribution in [0.15, 0.2) is 35.2 Å². The molecule has 0 fully saturated rings. The Balaban J connectivity index is 1.80. The van der Waals surface area contributed by atoms with E-state index in [-0.39, 0.29) is 23.6 Å². The van der Waals surface area contributed by atoms with Crippen molar-refractivity contribution in [2.24, 2.45) is 7.05 Å². The number of nitrogens with one attached hydrogen (secondary N) is 2. The fourth-order valence-corrected chi connectivity index (χ4v) is 2.51. The molecule has 0 spiro atoms. The summed E-state index contributed by atoms with van der Waals surface area (Å²) in [5.41, 5.74) is -0.591. The molecule has 28 heavy (non-hydrogen) atoms. The molecule has 0 radical (unpaired) electrons. The zero-order chi connectivity index (χ0) is 20.3. The van der Waals surface area contributed by atoms with Gasteiger partial charge in [0.15, 0.2) is 0 Å². The van der Waals surface area contributed by atoms with E-state index in [1.165, 1.54) is 35.1 Å². The quantitative estimate of drug-likeness (QED) is 0.458. The lowest BCUT2D eigenvalue weighted by Crippen LogP contribution is -2.26. The summed E-state index contributed by atoms with van der Waals surface area (Å²) in [6.07, 6.45) is 3.94. The van der Waals surface area contributed by atoms with E-state index in [0.717, 1.165) is 0 Å². The third-order valence-corrected chi connectivity index (χ3v) is 3.88. The Labute approximate surface area is 158 Å². The molecule has 3 aromatic heterocycles. The van der Waals surface area contributed by atoms with E-state index in [1.54, 1.807) is 19.1 Å². The summed E-state index contributed by atoms with van der Waals surface area (Å²) < 4.78 is 7.72. The van der Waals surface area contributed by atoms with Crippen LogP contribution in [0.2, 0.25) is 0 Å². The van der Waals surface area contributed by atoms with Crippen LogP contribution < -0.4 is 10.6 Å². The first-order chi connectivity index (χ1) is 13.4. The number of nitrogens with zero attached hydrogens (tertiary/aromatic N) is 5. The maximum absolute atomic E-state index is 12.5. The van der Waals surface area contributed by atoms with Gasteiger partial charge in [-0.25, -0.2) is 0 Å². The summed E-state index contributed by atoms with van der Waals surface area (Å²) >= 11 is 0. The molecule has 0 bridgehead atoms. The second-order valence-corrected chi connectivity index (χ2v) is 5.72. The number of carbonyl (C=O) groups excluding carboxylic acids is 2. The summed E-state index contributed by atoms with van der Waals surface area (Å²) in [6, 6.07) is 3.40. The first-order valence-electron chi connectivity index (χ1n) is 8.26. The van der Waals surface area contributed by atoms with Crippen LogP contribution in [0.5, 0.6) is 0 Å². The molecule has 0 atom stereocenters. The molecule has 3 heterocycles. The highest BCUT2D eigenvalue weighted by Gasteiger charge is 2.27. The zero-order valence-corrected chi connectivity index (χ0v) is 15.1. The van der Waals surface area contributed by atoms with Gasteiger partial charge in [-0.1, -0.05) is 0 Å². The first kappa shape index (κ1) is 18.8. The summed E-state index contributed by atoms with van der Waals surface area (Å²) in [7, 11) is 1.53. The van der Waals surface area contributed by atoms with Crippen LogP contribution in [-0.2, 0) is 20.1 Å². The minimum atomic E-state index is -0.813. The van der Waals surface area contributed by atoms with Gasteiger partial charge in [0.1, 0.15) is 17.7 Å². The van der Waals surface area contributed by atoms with Gasteiger partial charge in [0.2, 0.25) is 5.69 Å². The number of aryl methyl sites for hydroxylation is 2. The average Bonchev–Trinajstić information content (AvgIpc) is 3.39. The molecule has 2 N–H and O–H groups in total. The minimum Gasteiger partial charge on any atom is -0.467 e. The number of anilines is 1. The Kier molecular flexibility index (Phi) is 5.20. The molecule has 0 aliphatic heterocycles. The smallest absolute Gasteiger partial charge is 0.320 e. The number of nitro groups is 1. The molecule has 0 saturated heterocycles. The number of aromatic nitrogens is 4. The Morgan fingerprint density at radius 1 is 1.36 bits per heavy atom. The van der Waals surface area contributed by atoms with Crippen molar-refractivity contribution >= 4 is 23.2 Å². The molecular formula is C16H17N7O5. The Morgan fingerprint density at radius 2 is 2.14 bits per heavy atom. The minimum absolute atomic E-state index is 0.0810. The van der Waals surface area contributed by atoms with E-state index in [0.29, 0.717) is 12.3 Å². The van der Waals surface area contributed by atoms with Crippen molar-refractivity contribution in [1.82, 2.24) is 24.9 Å². The van der Waals surface area contributed by atoms with Crippen molar-refractivity contribution in [3.63, 3.8) is 0 Å². The molecule has 0 unspecified atom stereocenters. The average molecular weight is 387 g/mol. The SMILES string of the molecule is CCn1cc([N+](=O)[O-])c(C(=O)Nc2cnn(C)c2C(=O)NCc2ccco2)n1. The van der Waals surface area contributed by atoms with Gasteiger partial charge in [-0.05, 0) is 19.1 Å². The highest BCUT2D eigenvalue weighted by molar-refractivity contribution is 6.09. The van der Waals surface area contributed by atoms with Gasteiger partial charge in [0, 0.05) is 13.6 Å². The second kappa shape index (κ2) is 7.73. The third-order valence-electron chi connectivity index (χ3n) is 3.88. The van der Waals surface area contributed by atoms with Gasteiger partial charge in [0.25, 0.3) is 11.8 Å². The Morgan fingerprint density at radius 3 is 2.79 bits per heavy atom. The number of hydrogen-bond acceptors (Lipinski definition) is 7. The highest BCUT2D eigenvalue weighted by atomic mass is 16.6.